The summed E-state index contributed by atoms with van der Waals surface area (Å²) in [5.41, 5.74) is 9.17. The number of hydrogen-bond acceptors (Lipinski definition) is 3. The van der Waals surface area contributed by atoms with Crippen molar-refractivity contribution in [2.45, 2.75) is 125 Å². The van der Waals surface area contributed by atoms with Crippen molar-refractivity contribution in [3.8, 4) is 17.2 Å². The summed E-state index contributed by atoms with van der Waals surface area (Å²) in [7, 11) is 0. The fourth-order valence-corrected chi connectivity index (χ4v) is 6.08. The lowest BCUT2D eigenvalue weighted by atomic mass is 9.72. The molecule has 3 aromatic rings. The highest BCUT2D eigenvalue weighted by Gasteiger charge is 2.30. The van der Waals surface area contributed by atoms with E-state index in [4.69, 9.17) is 0 Å². The SMILES string of the molecule is Cc1cc(O)c(C(C)(C)C)cc1CC(c1cc(C(C)(C)C)c(O)cc1C)C(C)c1cc(C(C)(C)C)c(O)cc1C. The van der Waals surface area contributed by atoms with Crippen LogP contribution in [0.3, 0.4) is 0 Å². The van der Waals surface area contributed by atoms with Gasteiger partial charge in [-0.15, -0.1) is 0 Å². The minimum absolute atomic E-state index is 0.105. The van der Waals surface area contributed by atoms with E-state index in [-0.39, 0.29) is 28.1 Å². The Bertz CT molecular complexity index is 1390. The molecule has 0 aliphatic rings. The summed E-state index contributed by atoms with van der Waals surface area (Å²) in [6.45, 7) is 27.8. The molecule has 2 unspecified atom stereocenters. The number of hydrogen-bond donors (Lipinski definition) is 3. The summed E-state index contributed by atoms with van der Waals surface area (Å²) in [5.74, 6) is 1.26. The Morgan fingerprint density at radius 3 is 1.30 bits per heavy atom. The molecule has 3 nitrogen and oxygen atoms in total. The average molecular weight is 545 g/mol. The second-order valence-corrected chi connectivity index (χ2v) is 15.1. The number of rotatable bonds is 5. The Kier molecular flexibility index (Phi) is 8.53. The van der Waals surface area contributed by atoms with Crippen LogP contribution >= 0.6 is 0 Å². The smallest absolute Gasteiger partial charge is 0.119 e. The monoisotopic (exact) mass is 544 g/mol. The standard InChI is InChI=1S/C37H52O3/c1-21-14-32(38)29(35(5,6)7)18-25(21)17-28(27-20-31(37(11,12)13)34(40)16-23(27)3)24(4)26-19-30(36(8,9)10)33(39)15-22(26)2/h14-16,18-20,24,28,38-40H,17H2,1-13H3. The molecular weight excluding hydrogens is 492 g/mol. The first-order valence-electron chi connectivity index (χ1n) is 14.6. The van der Waals surface area contributed by atoms with E-state index in [1.807, 2.05) is 18.2 Å². The Hall–Kier alpha value is -2.94. The Morgan fingerprint density at radius 1 is 0.525 bits per heavy atom. The first-order valence-corrected chi connectivity index (χ1v) is 14.6. The fraction of sp³-hybridized carbons (Fsp3) is 0.514. The van der Waals surface area contributed by atoms with Gasteiger partial charge in [0.15, 0.2) is 0 Å². The van der Waals surface area contributed by atoms with Gasteiger partial charge in [-0.05, 0) is 124 Å². The van der Waals surface area contributed by atoms with E-state index in [9.17, 15) is 15.3 Å². The highest BCUT2D eigenvalue weighted by atomic mass is 16.3. The molecule has 0 aliphatic carbocycles. The molecule has 2 atom stereocenters. The predicted molar refractivity (Wildman–Crippen MR) is 169 cm³/mol. The molecule has 40 heavy (non-hydrogen) atoms. The molecule has 218 valence electrons. The first kappa shape index (κ1) is 31.6. The third kappa shape index (κ3) is 6.51. The van der Waals surface area contributed by atoms with E-state index in [0.29, 0.717) is 17.2 Å². The van der Waals surface area contributed by atoms with Crippen LogP contribution in [-0.2, 0) is 22.7 Å². The van der Waals surface area contributed by atoms with E-state index in [1.54, 1.807) is 0 Å². The molecule has 0 aliphatic heterocycles. The summed E-state index contributed by atoms with van der Waals surface area (Å²) in [4.78, 5) is 0. The third-order valence-corrected chi connectivity index (χ3v) is 8.58. The van der Waals surface area contributed by atoms with Gasteiger partial charge in [-0.1, -0.05) is 87.4 Å². The maximum absolute atomic E-state index is 10.9. The molecule has 0 amide bonds. The van der Waals surface area contributed by atoms with Gasteiger partial charge in [0.2, 0.25) is 0 Å². The molecule has 0 fully saturated rings. The minimum Gasteiger partial charge on any atom is -0.508 e. The predicted octanol–water partition coefficient (Wildman–Crippen LogP) is 9.75. The van der Waals surface area contributed by atoms with Crippen molar-refractivity contribution in [2.75, 3.05) is 0 Å². The van der Waals surface area contributed by atoms with Crippen LogP contribution in [0, 0.1) is 20.8 Å². The van der Waals surface area contributed by atoms with E-state index in [0.717, 1.165) is 39.8 Å². The molecule has 0 radical (unpaired) electrons. The van der Waals surface area contributed by atoms with Gasteiger partial charge in [-0.2, -0.15) is 0 Å². The van der Waals surface area contributed by atoms with Crippen molar-refractivity contribution in [2.24, 2.45) is 0 Å². The van der Waals surface area contributed by atoms with Crippen LogP contribution in [0.25, 0.3) is 0 Å². The molecule has 0 saturated heterocycles. The van der Waals surface area contributed by atoms with Crippen molar-refractivity contribution in [3.63, 3.8) is 0 Å². The van der Waals surface area contributed by atoms with E-state index in [1.165, 1.54) is 16.7 Å². The number of aromatic hydroxyl groups is 3. The summed E-state index contributed by atoms with van der Waals surface area (Å²) in [6, 6.07) is 12.3. The maximum atomic E-state index is 10.9. The molecule has 3 heteroatoms. The summed E-state index contributed by atoms with van der Waals surface area (Å²) >= 11 is 0. The zero-order valence-electron chi connectivity index (χ0n) is 27.2. The first-order chi connectivity index (χ1) is 18.1. The largest absolute Gasteiger partial charge is 0.508 e. The van der Waals surface area contributed by atoms with Crippen molar-refractivity contribution in [1.29, 1.82) is 0 Å². The van der Waals surface area contributed by atoms with Gasteiger partial charge in [0.05, 0.1) is 0 Å². The molecule has 0 spiro atoms. The number of benzene rings is 3. The van der Waals surface area contributed by atoms with Crippen LogP contribution in [0.2, 0.25) is 0 Å². The lowest BCUT2D eigenvalue weighted by Crippen LogP contribution is -2.19. The lowest BCUT2D eigenvalue weighted by Gasteiger charge is -2.32. The van der Waals surface area contributed by atoms with Gasteiger partial charge in [-0.3, -0.25) is 0 Å². The van der Waals surface area contributed by atoms with Crippen molar-refractivity contribution in [3.05, 3.63) is 86.5 Å². The van der Waals surface area contributed by atoms with Crippen molar-refractivity contribution >= 4 is 0 Å². The summed E-state index contributed by atoms with van der Waals surface area (Å²) in [6.07, 6.45) is 0.788. The molecule has 3 aromatic carbocycles. The number of phenols is 3. The van der Waals surface area contributed by atoms with Crippen LogP contribution in [0.1, 0.15) is 131 Å². The topological polar surface area (TPSA) is 60.7 Å². The Labute approximate surface area is 243 Å². The number of phenolic OH excluding ortho intramolecular Hbond substituents is 3. The van der Waals surface area contributed by atoms with Gasteiger partial charge in [-0.25, -0.2) is 0 Å². The summed E-state index contributed by atoms with van der Waals surface area (Å²) < 4.78 is 0. The molecule has 0 saturated carbocycles. The van der Waals surface area contributed by atoms with Gasteiger partial charge >= 0.3 is 0 Å². The van der Waals surface area contributed by atoms with Crippen LogP contribution in [0.5, 0.6) is 17.2 Å². The molecule has 0 aromatic heterocycles. The number of aryl methyl sites for hydroxylation is 3. The summed E-state index contributed by atoms with van der Waals surface area (Å²) in [5, 5.41) is 32.6. The van der Waals surface area contributed by atoms with E-state index < -0.39 is 0 Å². The van der Waals surface area contributed by atoms with Crippen LogP contribution in [0.15, 0.2) is 36.4 Å². The second-order valence-electron chi connectivity index (χ2n) is 15.1. The zero-order chi connectivity index (χ0) is 30.5. The highest BCUT2D eigenvalue weighted by Crippen LogP contribution is 2.45. The molecule has 0 heterocycles. The van der Waals surface area contributed by atoms with E-state index in [2.05, 4.69) is 108 Å². The van der Waals surface area contributed by atoms with Crippen LogP contribution < -0.4 is 0 Å². The normalized spacial score (nSPS) is 14.3. The molecule has 0 bridgehead atoms. The molecule has 3 N–H and O–H groups in total. The Morgan fingerprint density at radius 2 is 0.875 bits per heavy atom. The van der Waals surface area contributed by atoms with Gasteiger partial charge in [0.1, 0.15) is 17.2 Å². The van der Waals surface area contributed by atoms with Crippen molar-refractivity contribution < 1.29 is 15.3 Å². The molecular formula is C37H52O3. The quantitative estimate of drug-likeness (QED) is 0.299. The van der Waals surface area contributed by atoms with Crippen molar-refractivity contribution in [1.82, 2.24) is 0 Å². The van der Waals surface area contributed by atoms with Crippen LogP contribution in [-0.4, -0.2) is 15.3 Å². The third-order valence-electron chi connectivity index (χ3n) is 8.58. The van der Waals surface area contributed by atoms with Gasteiger partial charge in [0, 0.05) is 0 Å². The lowest BCUT2D eigenvalue weighted by molar-refractivity contribution is 0.441. The van der Waals surface area contributed by atoms with Crippen LogP contribution in [0.4, 0.5) is 0 Å². The average Bonchev–Trinajstić information content (AvgIpc) is 2.76. The second kappa shape index (κ2) is 10.8. The van der Waals surface area contributed by atoms with Gasteiger partial charge < -0.3 is 15.3 Å². The fourth-order valence-electron chi connectivity index (χ4n) is 6.08. The maximum Gasteiger partial charge on any atom is 0.119 e. The van der Waals surface area contributed by atoms with Gasteiger partial charge in [0.25, 0.3) is 0 Å². The zero-order valence-corrected chi connectivity index (χ0v) is 27.2. The Balaban J connectivity index is 2.31. The minimum atomic E-state index is -0.206. The molecule has 3 rings (SSSR count). The van der Waals surface area contributed by atoms with E-state index >= 15 is 0 Å². The highest BCUT2D eigenvalue weighted by molar-refractivity contribution is 5.51.